The zero-order valence-corrected chi connectivity index (χ0v) is 10.3. The first kappa shape index (κ1) is 13.0. The third-order valence-corrected chi connectivity index (χ3v) is 3.14. The Balaban J connectivity index is 2.52. The van der Waals surface area contributed by atoms with Gasteiger partial charge in [0.25, 0.3) is 0 Å². The average molecular weight is 217 g/mol. The Morgan fingerprint density at radius 2 is 1.88 bits per heavy atom. The standard InChI is InChI=1S/C15H21O/c1-3-5-6-13(4-2)11-14-7-9-15(12-16)10-8-14/h7-10,13H,3-6,11H2,1-2H3. The van der Waals surface area contributed by atoms with Crippen LogP contribution in [0.15, 0.2) is 24.3 Å². The molecule has 87 valence electrons. The second-order valence-electron chi connectivity index (χ2n) is 4.42. The molecular formula is C15H21O. The second-order valence-corrected chi connectivity index (χ2v) is 4.42. The van der Waals surface area contributed by atoms with Gasteiger partial charge in [-0.15, -0.1) is 0 Å². The second kappa shape index (κ2) is 7.21. The van der Waals surface area contributed by atoms with Crippen molar-refractivity contribution in [3.63, 3.8) is 0 Å². The molecule has 0 saturated heterocycles. The zero-order chi connectivity index (χ0) is 11.8. The monoisotopic (exact) mass is 217 g/mol. The molecule has 0 N–H and O–H groups in total. The van der Waals surface area contributed by atoms with Gasteiger partial charge in [-0.1, -0.05) is 63.8 Å². The molecule has 0 aliphatic heterocycles. The van der Waals surface area contributed by atoms with Crippen molar-refractivity contribution in [3.05, 3.63) is 35.4 Å². The maximum Gasteiger partial charge on any atom is 0.233 e. The minimum absolute atomic E-state index is 0.644. The van der Waals surface area contributed by atoms with Crippen LogP contribution < -0.4 is 0 Å². The van der Waals surface area contributed by atoms with E-state index in [0.717, 1.165) is 12.3 Å². The van der Waals surface area contributed by atoms with Gasteiger partial charge in [0.1, 0.15) is 0 Å². The molecule has 1 nitrogen and oxygen atoms in total. The fourth-order valence-electron chi connectivity index (χ4n) is 1.99. The highest BCUT2D eigenvalue weighted by atomic mass is 16.1. The lowest BCUT2D eigenvalue weighted by molar-refractivity contribution is 0.449. The van der Waals surface area contributed by atoms with Crippen molar-refractivity contribution in [1.29, 1.82) is 0 Å². The van der Waals surface area contributed by atoms with E-state index in [4.69, 9.17) is 0 Å². The molecule has 1 radical (unpaired) electrons. The van der Waals surface area contributed by atoms with Crippen LogP contribution in [0.2, 0.25) is 0 Å². The van der Waals surface area contributed by atoms with Crippen LogP contribution in [0.1, 0.15) is 50.7 Å². The summed E-state index contributed by atoms with van der Waals surface area (Å²) >= 11 is 0. The van der Waals surface area contributed by atoms with Crippen molar-refractivity contribution in [3.8, 4) is 0 Å². The van der Waals surface area contributed by atoms with Gasteiger partial charge in [-0.3, -0.25) is 4.79 Å². The molecule has 16 heavy (non-hydrogen) atoms. The van der Waals surface area contributed by atoms with Gasteiger partial charge in [0, 0.05) is 5.56 Å². The summed E-state index contributed by atoms with van der Waals surface area (Å²) in [5.74, 6) is 0.783. The predicted octanol–water partition coefficient (Wildman–Crippen LogP) is 3.90. The van der Waals surface area contributed by atoms with Crippen molar-refractivity contribution in [2.45, 2.75) is 46.0 Å². The summed E-state index contributed by atoms with van der Waals surface area (Å²) in [4.78, 5) is 10.4. The van der Waals surface area contributed by atoms with Crippen molar-refractivity contribution in [2.75, 3.05) is 0 Å². The molecule has 0 amide bonds. The Hall–Kier alpha value is -1.11. The number of unbranched alkanes of at least 4 members (excludes halogenated alkanes) is 1. The fraction of sp³-hybridized carbons (Fsp3) is 0.533. The quantitative estimate of drug-likeness (QED) is 0.677. The lowest BCUT2D eigenvalue weighted by Gasteiger charge is -2.14. The summed E-state index contributed by atoms with van der Waals surface area (Å²) < 4.78 is 0. The van der Waals surface area contributed by atoms with Crippen LogP contribution in [0.3, 0.4) is 0 Å². The number of hydrogen-bond donors (Lipinski definition) is 0. The highest BCUT2D eigenvalue weighted by molar-refractivity contribution is 5.75. The maximum absolute atomic E-state index is 10.4. The van der Waals surface area contributed by atoms with Crippen molar-refractivity contribution < 1.29 is 4.79 Å². The van der Waals surface area contributed by atoms with E-state index in [1.807, 2.05) is 18.4 Å². The van der Waals surface area contributed by atoms with E-state index in [1.54, 1.807) is 0 Å². The van der Waals surface area contributed by atoms with E-state index in [0.29, 0.717) is 5.56 Å². The van der Waals surface area contributed by atoms with Gasteiger partial charge in [-0.25, -0.2) is 0 Å². The molecular weight excluding hydrogens is 196 g/mol. The molecule has 1 rings (SSSR count). The van der Waals surface area contributed by atoms with Gasteiger partial charge in [-0.05, 0) is 17.9 Å². The molecule has 0 spiro atoms. The summed E-state index contributed by atoms with van der Waals surface area (Å²) in [7, 11) is 0. The molecule has 0 heterocycles. The summed E-state index contributed by atoms with van der Waals surface area (Å²) in [6.07, 6.45) is 8.18. The Kier molecular flexibility index (Phi) is 5.84. The fourth-order valence-corrected chi connectivity index (χ4v) is 1.99. The molecule has 0 aromatic heterocycles. The van der Waals surface area contributed by atoms with E-state index < -0.39 is 0 Å². The Morgan fingerprint density at radius 3 is 2.38 bits per heavy atom. The van der Waals surface area contributed by atoms with Gasteiger partial charge in [-0.2, -0.15) is 0 Å². The van der Waals surface area contributed by atoms with Gasteiger partial charge >= 0.3 is 0 Å². The molecule has 0 aliphatic rings. The molecule has 1 heteroatoms. The van der Waals surface area contributed by atoms with Crippen LogP contribution in [0, 0.1) is 5.92 Å². The van der Waals surface area contributed by atoms with E-state index in [-0.39, 0.29) is 0 Å². The Bertz CT molecular complexity index is 300. The number of benzene rings is 1. The van der Waals surface area contributed by atoms with Gasteiger partial charge in [0.2, 0.25) is 6.29 Å². The third-order valence-electron chi connectivity index (χ3n) is 3.14. The minimum Gasteiger partial charge on any atom is -0.285 e. The van der Waals surface area contributed by atoms with Crippen LogP contribution in [0.5, 0.6) is 0 Å². The summed E-state index contributed by atoms with van der Waals surface area (Å²) in [5, 5.41) is 0. The van der Waals surface area contributed by atoms with E-state index in [2.05, 4.69) is 26.0 Å². The molecule has 1 aromatic rings. The number of hydrogen-bond acceptors (Lipinski definition) is 1. The van der Waals surface area contributed by atoms with Gasteiger partial charge < -0.3 is 0 Å². The Morgan fingerprint density at radius 1 is 1.19 bits per heavy atom. The van der Waals surface area contributed by atoms with E-state index in [9.17, 15) is 4.79 Å². The highest BCUT2D eigenvalue weighted by Crippen LogP contribution is 2.18. The lowest BCUT2D eigenvalue weighted by Crippen LogP contribution is -2.03. The third kappa shape index (κ3) is 4.18. The van der Waals surface area contributed by atoms with Crippen molar-refractivity contribution in [2.24, 2.45) is 5.92 Å². The molecule has 1 atom stereocenters. The zero-order valence-electron chi connectivity index (χ0n) is 10.3. The predicted molar refractivity (Wildman–Crippen MR) is 68.2 cm³/mol. The molecule has 0 aliphatic carbocycles. The van der Waals surface area contributed by atoms with Crippen LogP contribution in [0.4, 0.5) is 0 Å². The summed E-state index contributed by atoms with van der Waals surface area (Å²) in [6, 6.07) is 7.81. The highest BCUT2D eigenvalue weighted by Gasteiger charge is 2.06. The van der Waals surface area contributed by atoms with E-state index in [1.165, 1.54) is 31.2 Å². The molecule has 0 saturated carbocycles. The lowest BCUT2D eigenvalue weighted by atomic mass is 9.92. The SMILES string of the molecule is CCCCC(CC)Cc1ccc([C]=O)cc1. The normalized spacial score (nSPS) is 12.4. The van der Waals surface area contributed by atoms with Crippen molar-refractivity contribution >= 4 is 6.29 Å². The van der Waals surface area contributed by atoms with Crippen LogP contribution in [-0.4, -0.2) is 6.29 Å². The topological polar surface area (TPSA) is 17.1 Å². The average Bonchev–Trinajstić information content (AvgIpc) is 2.35. The first-order chi connectivity index (χ1) is 7.80. The van der Waals surface area contributed by atoms with E-state index >= 15 is 0 Å². The van der Waals surface area contributed by atoms with Crippen LogP contribution in [0.25, 0.3) is 0 Å². The maximum atomic E-state index is 10.4. The first-order valence-electron chi connectivity index (χ1n) is 6.27. The number of rotatable bonds is 7. The largest absolute Gasteiger partial charge is 0.285 e. The van der Waals surface area contributed by atoms with Gasteiger partial charge in [0.05, 0.1) is 0 Å². The smallest absolute Gasteiger partial charge is 0.233 e. The van der Waals surface area contributed by atoms with Crippen LogP contribution >= 0.6 is 0 Å². The molecule has 0 bridgehead atoms. The Labute approximate surface area is 98.9 Å². The summed E-state index contributed by atoms with van der Waals surface area (Å²) in [6.45, 7) is 4.50. The summed E-state index contributed by atoms with van der Waals surface area (Å²) in [5.41, 5.74) is 1.98. The molecule has 1 unspecified atom stereocenters. The number of carbonyl (C=O) groups excluding carboxylic acids is 1. The first-order valence-corrected chi connectivity index (χ1v) is 6.27. The van der Waals surface area contributed by atoms with Crippen molar-refractivity contribution in [1.82, 2.24) is 0 Å². The molecule has 0 fully saturated rings. The minimum atomic E-state index is 0.644. The van der Waals surface area contributed by atoms with Gasteiger partial charge in [0.15, 0.2) is 0 Å². The van der Waals surface area contributed by atoms with Crippen LogP contribution in [-0.2, 0) is 11.2 Å². The molecule has 1 aromatic carbocycles.